The van der Waals surface area contributed by atoms with Gasteiger partial charge in [-0.25, -0.2) is 4.39 Å². The van der Waals surface area contributed by atoms with Gasteiger partial charge in [0.15, 0.2) is 0 Å². The SMILES string of the molecule is Cc1nc(CNC(C)C)c(-c2ccc(OCCc3ccc(F)cc3)cc2)c(N2CCC(C)(C)CC2)c1CC(=O)O. The summed E-state index contributed by atoms with van der Waals surface area (Å²) in [5.74, 6) is -0.347. The maximum absolute atomic E-state index is 13.2. The normalized spacial score (nSPS) is 14.9. The van der Waals surface area contributed by atoms with Crippen molar-refractivity contribution < 1.29 is 19.0 Å². The molecule has 0 bridgehead atoms. The van der Waals surface area contributed by atoms with Gasteiger partial charge < -0.3 is 20.1 Å². The molecule has 4 rings (SSSR count). The van der Waals surface area contributed by atoms with Gasteiger partial charge in [-0.15, -0.1) is 0 Å². The first-order valence-corrected chi connectivity index (χ1v) is 14.2. The van der Waals surface area contributed by atoms with E-state index < -0.39 is 5.97 Å². The molecular weight excluding hydrogens is 505 g/mol. The van der Waals surface area contributed by atoms with E-state index in [1.54, 1.807) is 12.1 Å². The van der Waals surface area contributed by atoms with Gasteiger partial charge in [-0.1, -0.05) is 52.0 Å². The van der Waals surface area contributed by atoms with Crippen LogP contribution >= 0.6 is 0 Å². The molecule has 40 heavy (non-hydrogen) atoms. The number of aliphatic carboxylic acids is 1. The predicted molar refractivity (Wildman–Crippen MR) is 159 cm³/mol. The molecule has 0 saturated carbocycles. The number of piperidine rings is 1. The van der Waals surface area contributed by atoms with Crippen LogP contribution in [0.1, 0.15) is 63.1 Å². The molecule has 2 aromatic carbocycles. The predicted octanol–water partition coefficient (Wildman–Crippen LogP) is 6.57. The highest BCUT2D eigenvalue weighted by molar-refractivity contribution is 5.86. The summed E-state index contributed by atoms with van der Waals surface area (Å²) in [6.07, 6.45) is 2.70. The summed E-state index contributed by atoms with van der Waals surface area (Å²) in [7, 11) is 0. The first kappa shape index (κ1) is 29.5. The second kappa shape index (κ2) is 12.8. The summed E-state index contributed by atoms with van der Waals surface area (Å²) in [6, 6.07) is 14.8. The molecule has 3 aromatic rings. The molecule has 0 unspecified atom stereocenters. The highest BCUT2D eigenvalue weighted by Crippen LogP contribution is 2.42. The Kier molecular flexibility index (Phi) is 9.46. The lowest BCUT2D eigenvalue weighted by Crippen LogP contribution is -2.38. The van der Waals surface area contributed by atoms with Crippen LogP contribution in [0.25, 0.3) is 11.1 Å². The van der Waals surface area contributed by atoms with Gasteiger partial charge in [0.05, 0.1) is 24.4 Å². The molecule has 2 heterocycles. The Hall–Kier alpha value is -3.45. The number of benzene rings is 2. The Morgan fingerprint density at radius 3 is 2.35 bits per heavy atom. The van der Waals surface area contributed by atoms with Crippen LogP contribution in [0, 0.1) is 18.2 Å². The van der Waals surface area contributed by atoms with Crippen molar-refractivity contribution in [2.45, 2.75) is 72.9 Å². The lowest BCUT2D eigenvalue weighted by atomic mass is 9.82. The van der Waals surface area contributed by atoms with Crippen molar-refractivity contribution in [1.29, 1.82) is 0 Å². The van der Waals surface area contributed by atoms with Crippen LogP contribution in [0.2, 0.25) is 0 Å². The zero-order chi connectivity index (χ0) is 28.9. The molecule has 1 aliphatic rings. The fourth-order valence-corrected chi connectivity index (χ4v) is 5.22. The third-order valence-electron chi connectivity index (χ3n) is 7.71. The molecule has 1 aliphatic heterocycles. The zero-order valence-corrected chi connectivity index (χ0v) is 24.4. The maximum atomic E-state index is 13.2. The van der Waals surface area contributed by atoms with Gasteiger partial charge in [-0.3, -0.25) is 9.78 Å². The number of carbonyl (C=O) groups is 1. The number of nitrogens with zero attached hydrogens (tertiary/aromatic N) is 2. The van der Waals surface area contributed by atoms with E-state index in [9.17, 15) is 14.3 Å². The topological polar surface area (TPSA) is 74.7 Å². The van der Waals surface area contributed by atoms with E-state index in [1.165, 1.54) is 12.1 Å². The van der Waals surface area contributed by atoms with Gasteiger partial charge in [0.25, 0.3) is 0 Å². The van der Waals surface area contributed by atoms with E-state index in [0.29, 0.717) is 19.6 Å². The third kappa shape index (κ3) is 7.60. The number of ether oxygens (including phenoxy) is 1. The fraction of sp³-hybridized carbons (Fsp3) is 0.455. The van der Waals surface area contributed by atoms with Gasteiger partial charge in [-0.2, -0.15) is 0 Å². The Morgan fingerprint density at radius 2 is 1.75 bits per heavy atom. The molecule has 6 nitrogen and oxygen atoms in total. The van der Waals surface area contributed by atoms with Gasteiger partial charge in [0, 0.05) is 48.9 Å². The van der Waals surface area contributed by atoms with Crippen LogP contribution < -0.4 is 15.0 Å². The Balaban J connectivity index is 1.69. The van der Waals surface area contributed by atoms with Crippen LogP contribution in [-0.4, -0.2) is 41.8 Å². The third-order valence-corrected chi connectivity index (χ3v) is 7.71. The van der Waals surface area contributed by atoms with E-state index in [-0.39, 0.29) is 23.7 Å². The number of aromatic nitrogens is 1. The number of carboxylic acids is 1. The molecule has 0 spiro atoms. The molecule has 1 saturated heterocycles. The van der Waals surface area contributed by atoms with Crippen molar-refractivity contribution in [1.82, 2.24) is 10.3 Å². The molecule has 7 heteroatoms. The summed E-state index contributed by atoms with van der Waals surface area (Å²) in [5.41, 5.74) is 6.74. The number of nitrogens with one attached hydrogen (secondary N) is 1. The minimum atomic E-state index is -0.854. The maximum Gasteiger partial charge on any atom is 0.307 e. The molecular formula is C33H42FN3O3. The van der Waals surface area contributed by atoms with E-state index in [4.69, 9.17) is 9.72 Å². The van der Waals surface area contributed by atoms with Crippen molar-refractivity contribution in [3.8, 4) is 16.9 Å². The summed E-state index contributed by atoms with van der Waals surface area (Å²) in [4.78, 5) is 19.3. The number of aryl methyl sites for hydroxylation is 1. The molecule has 2 N–H and O–H groups in total. The number of hydrogen-bond acceptors (Lipinski definition) is 5. The first-order valence-electron chi connectivity index (χ1n) is 14.2. The average Bonchev–Trinajstić information content (AvgIpc) is 2.90. The molecule has 1 aromatic heterocycles. The van der Waals surface area contributed by atoms with Crippen LogP contribution in [0.15, 0.2) is 48.5 Å². The van der Waals surface area contributed by atoms with Gasteiger partial charge in [0.2, 0.25) is 0 Å². The Morgan fingerprint density at radius 1 is 1.10 bits per heavy atom. The lowest BCUT2D eigenvalue weighted by Gasteiger charge is -2.40. The zero-order valence-electron chi connectivity index (χ0n) is 24.4. The van der Waals surface area contributed by atoms with E-state index in [2.05, 4.69) is 37.9 Å². The van der Waals surface area contributed by atoms with Crippen molar-refractivity contribution in [3.63, 3.8) is 0 Å². The summed E-state index contributed by atoms with van der Waals surface area (Å²) in [5, 5.41) is 13.3. The quantitative estimate of drug-likeness (QED) is 0.283. The standard InChI is InChI=1S/C33H42FN3O3/c1-22(2)35-21-29-31(25-8-12-27(13-9-25)40-19-14-24-6-10-26(34)11-7-24)32(28(20-30(38)39)23(3)36-29)37-17-15-33(4,5)16-18-37/h6-13,22,35H,14-21H2,1-5H3,(H,38,39). The molecule has 0 radical (unpaired) electrons. The number of anilines is 1. The number of carboxylic acid groups (broad SMARTS) is 1. The van der Waals surface area contributed by atoms with E-state index in [1.807, 2.05) is 31.2 Å². The molecule has 0 atom stereocenters. The Labute approximate surface area is 237 Å². The van der Waals surface area contributed by atoms with Crippen molar-refractivity contribution >= 4 is 11.7 Å². The summed E-state index contributed by atoms with van der Waals surface area (Å²) >= 11 is 0. The van der Waals surface area contributed by atoms with E-state index >= 15 is 0 Å². The number of halogens is 1. The molecule has 0 aliphatic carbocycles. The fourth-order valence-electron chi connectivity index (χ4n) is 5.22. The van der Waals surface area contributed by atoms with Crippen molar-refractivity contribution in [2.24, 2.45) is 5.41 Å². The Bertz CT molecular complexity index is 1290. The minimum Gasteiger partial charge on any atom is -0.493 e. The monoisotopic (exact) mass is 547 g/mol. The van der Waals surface area contributed by atoms with Gasteiger partial charge >= 0.3 is 5.97 Å². The van der Waals surface area contributed by atoms with Crippen molar-refractivity contribution in [3.05, 3.63) is 76.9 Å². The highest BCUT2D eigenvalue weighted by atomic mass is 19.1. The average molecular weight is 548 g/mol. The second-order valence-electron chi connectivity index (χ2n) is 11.9. The summed E-state index contributed by atoms with van der Waals surface area (Å²) < 4.78 is 19.2. The van der Waals surface area contributed by atoms with Crippen LogP contribution in [0.4, 0.5) is 10.1 Å². The highest BCUT2D eigenvalue weighted by Gasteiger charge is 2.30. The molecule has 0 amide bonds. The molecule has 1 fully saturated rings. The molecule has 214 valence electrons. The second-order valence-corrected chi connectivity index (χ2v) is 11.9. The summed E-state index contributed by atoms with van der Waals surface area (Å²) in [6.45, 7) is 13.6. The lowest BCUT2D eigenvalue weighted by molar-refractivity contribution is -0.136. The number of pyridine rings is 1. The van der Waals surface area contributed by atoms with E-state index in [0.717, 1.165) is 71.0 Å². The van der Waals surface area contributed by atoms with Crippen molar-refractivity contribution in [2.75, 3.05) is 24.6 Å². The van der Waals surface area contributed by atoms with Crippen LogP contribution in [0.5, 0.6) is 5.75 Å². The number of rotatable bonds is 11. The number of hydrogen-bond donors (Lipinski definition) is 2. The van der Waals surface area contributed by atoms with Gasteiger partial charge in [-0.05, 0) is 60.6 Å². The van der Waals surface area contributed by atoms with Gasteiger partial charge in [0.1, 0.15) is 11.6 Å². The van der Waals surface area contributed by atoms with Crippen LogP contribution in [0.3, 0.4) is 0 Å². The van der Waals surface area contributed by atoms with Crippen LogP contribution in [-0.2, 0) is 24.2 Å². The minimum absolute atomic E-state index is 0.0659. The smallest absolute Gasteiger partial charge is 0.307 e. The first-order chi connectivity index (χ1) is 19.0. The largest absolute Gasteiger partial charge is 0.493 e.